The third-order valence-corrected chi connectivity index (χ3v) is 7.39. The van der Waals surface area contributed by atoms with Gasteiger partial charge in [-0.2, -0.15) is 0 Å². The van der Waals surface area contributed by atoms with Gasteiger partial charge in [-0.15, -0.1) is 0 Å². The third-order valence-electron chi connectivity index (χ3n) is 7.39. The van der Waals surface area contributed by atoms with Gasteiger partial charge in [0.2, 0.25) is 5.91 Å². The summed E-state index contributed by atoms with van der Waals surface area (Å²) in [6, 6.07) is 13.6. The summed E-state index contributed by atoms with van der Waals surface area (Å²) in [6.07, 6.45) is 2.79. The zero-order valence-corrected chi connectivity index (χ0v) is 23.9. The standard InChI is InChI=1S/C31H39N5O4/c1-20(2)16-28(33-29(38)23-8-10-25(11-9-23)34(4)5)31(40)35-15-13-21(3)36(19-26(37)18-35)30(39)24-7-6-22-12-14-32-27(22)17-24/h6-12,14,17,20-21,28,32H,13,15-16,18-19H2,1-5H3,(H,33,38)/t21-,28-/m0/s1. The van der Waals surface area contributed by atoms with Gasteiger partial charge in [-0.3, -0.25) is 19.2 Å². The van der Waals surface area contributed by atoms with E-state index in [1.54, 1.807) is 29.2 Å². The molecular weight excluding hydrogens is 506 g/mol. The van der Waals surface area contributed by atoms with Gasteiger partial charge in [0.05, 0.1) is 13.1 Å². The number of H-pyrrole nitrogens is 1. The Kier molecular flexibility index (Phi) is 8.92. The normalized spacial score (nSPS) is 16.9. The Bertz CT molecular complexity index is 1380. The van der Waals surface area contributed by atoms with Gasteiger partial charge in [-0.25, -0.2) is 0 Å². The molecule has 0 unspecified atom stereocenters. The third kappa shape index (κ3) is 6.70. The van der Waals surface area contributed by atoms with E-state index in [-0.39, 0.29) is 48.6 Å². The summed E-state index contributed by atoms with van der Waals surface area (Å²) in [4.78, 5) is 61.4. The fourth-order valence-corrected chi connectivity index (χ4v) is 5.06. The summed E-state index contributed by atoms with van der Waals surface area (Å²) in [5.74, 6) is -0.873. The van der Waals surface area contributed by atoms with Crippen LogP contribution in [0.4, 0.5) is 5.69 Å². The van der Waals surface area contributed by atoms with E-state index in [2.05, 4.69) is 10.3 Å². The Morgan fingerprint density at radius 2 is 1.73 bits per heavy atom. The van der Waals surface area contributed by atoms with Crippen LogP contribution in [-0.2, 0) is 9.59 Å². The highest BCUT2D eigenvalue weighted by Crippen LogP contribution is 2.20. The predicted molar refractivity (Wildman–Crippen MR) is 156 cm³/mol. The second-order valence-corrected chi connectivity index (χ2v) is 11.2. The lowest BCUT2D eigenvalue weighted by molar-refractivity contribution is -0.138. The molecule has 3 aromatic rings. The molecule has 2 aromatic carbocycles. The minimum Gasteiger partial charge on any atom is -0.378 e. The Labute approximate surface area is 235 Å². The number of amides is 3. The van der Waals surface area contributed by atoms with Crippen molar-refractivity contribution in [1.82, 2.24) is 20.1 Å². The summed E-state index contributed by atoms with van der Waals surface area (Å²) in [5, 5.41) is 3.92. The molecule has 2 atom stereocenters. The van der Waals surface area contributed by atoms with Gasteiger partial charge in [-0.05, 0) is 73.5 Å². The van der Waals surface area contributed by atoms with Crippen molar-refractivity contribution in [3.05, 3.63) is 65.9 Å². The highest BCUT2D eigenvalue weighted by atomic mass is 16.2. The number of carbonyl (C=O) groups is 4. The van der Waals surface area contributed by atoms with Crippen molar-refractivity contribution >= 4 is 40.1 Å². The van der Waals surface area contributed by atoms with Crippen molar-refractivity contribution in [3.8, 4) is 0 Å². The molecule has 2 heterocycles. The number of Topliss-reactive ketones (excluding diaryl/α,β-unsaturated/α-hetero) is 1. The van der Waals surface area contributed by atoms with Crippen molar-refractivity contribution < 1.29 is 19.2 Å². The van der Waals surface area contributed by atoms with E-state index < -0.39 is 6.04 Å². The van der Waals surface area contributed by atoms with Crippen LogP contribution in [0, 0.1) is 5.92 Å². The average molecular weight is 546 g/mol. The molecule has 0 saturated carbocycles. The van der Waals surface area contributed by atoms with Crippen molar-refractivity contribution in [2.24, 2.45) is 5.92 Å². The number of nitrogens with one attached hydrogen (secondary N) is 2. The van der Waals surface area contributed by atoms with Gasteiger partial charge < -0.3 is 25.0 Å². The Morgan fingerprint density at radius 3 is 2.40 bits per heavy atom. The molecule has 1 aliphatic heterocycles. The predicted octanol–water partition coefficient (Wildman–Crippen LogP) is 3.71. The number of hydrogen-bond acceptors (Lipinski definition) is 5. The van der Waals surface area contributed by atoms with Crippen molar-refractivity contribution in [1.29, 1.82) is 0 Å². The first-order valence-corrected chi connectivity index (χ1v) is 13.8. The summed E-state index contributed by atoms with van der Waals surface area (Å²) < 4.78 is 0. The molecule has 2 N–H and O–H groups in total. The molecule has 9 heteroatoms. The second kappa shape index (κ2) is 12.4. The zero-order valence-electron chi connectivity index (χ0n) is 23.9. The first kappa shape index (κ1) is 28.9. The Balaban J connectivity index is 1.45. The number of rotatable bonds is 7. The summed E-state index contributed by atoms with van der Waals surface area (Å²) in [7, 11) is 3.85. The molecule has 0 spiro atoms. The van der Waals surface area contributed by atoms with Gasteiger partial charge in [-0.1, -0.05) is 19.9 Å². The molecule has 1 aromatic heterocycles. The minimum absolute atomic E-state index is 0.0774. The van der Waals surface area contributed by atoms with Crippen LogP contribution in [0.25, 0.3) is 10.9 Å². The Morgan fingerprint density at radius 1 is 1.02 bits per heavy atom. The second-order valence-electron chi connectivity index (χ2n) is 11.2. The van der Waals surface area contributed by atoms with E-state index in [9.17, 15) is 19.2 Å². The van der Waals surface area contributed by atoms with Crippen LogP contribution < -0.4 is 10.2 Å². The molecular formula is C31H39N5O4. The number of anilines is 1. The average Bonchev–Trinajstić information content (AvgIpc) is 3.39. The highest BCUT2D eigenvalue weighted by molar-refractivity contribution is 6.01. The largest absolute Gasteiger partial charge is 0.378 e. The van der Waals surface area contributed by atoms with E-state index >= 15 is 0 Å². The summed E-state index contributed by atoms with van der Waals surface area (Å²) >= 11 is 0. The zero-order chi connectivity index (χ0) is 29.0. The number of benzene rings is 2. The number of hydrogen-bond donors (Lipinski definition) is 2. The number of aromatic amines is 1. The van der Waals surface area contributed by atoms with Crippen molar-refractivity contribution in [3.63, 3.8) is 0 Å². The highest BCUT2D eigenvalue weighted by Gasteiger charge is 2.33. The summed E-state index contributed by atoms with van der Waals surface area (Å²) in [5.41, 5.74) is 2.81. The van der Waals surface area contributed by atoms with Crippen molar-refractivity contribution in [2.45, 2.75) is 45.7 Å². The van der Waals surface area contributed by atoms with Gasteiger partial charge in [0, 0.05) is 55.2 Å². The summed E-state index contributed by atoms with van der Waals surface area (Å²) in [6.45, 7) is 6.02. The van der Waals surface area contributed by atoms with E-state index in [4.69, 9.17) is 0 Å². The first-order chi connectivity index (χ1) is 19.0. The lowest BCUT2D eigenvalue weighted by Crippen LogP contribution is -2.54. The van der Waals surface area contributed by atoms with Crippen LogP contribution >= 0.6 is 0 Å². The smallest absolute Gasteiger partial charge is 0.254 e. The lowest BCUT2D eigenvalue weighted by Gasteiger charge is -2.36. The molecule has 1 saturated heterocycles. The fraction of sp³-hybridized carbons (Fsp3) is 0.419. The SMILES string of the molecule is CC(C)C[C@H](NC(=O)c1ccc(N(C)C)cc1)C(=O)N1CC[C@H](C)N(C(=O)c2ccc3cc[nH]c3c2)CC(=O)C1. The van der Waals surface area contributed by atoms with Crippen LogP contribution in [0.1, 0.15) is 54.3 Å². The lowest BCUT2D eigenvalue weighted by atomic mass is 10.0. The molecule has 40 heavy (non-hydrogen) atoms. The van der Waals surface area contributed by atoms with Gasteiger partial charge in [0.1, 0.15) is 6.04 Å². The fourth-order valence-electron chi connectivity index (χ4n) is 5.06. The number of ketones is 1. The van der Waals surface area contributed by atoms with E-state index in [0.717, 1.165) is 16.6 Å². The maximum atomic E-state index is 13.7. The molecule has 4 rings (SSSR count). The number of aromatic nitrogens is 1. The van der Waals surface area contributed by atoms with Gasteiger partial charge in [0.15, 0.2) is 5.78 Å². The molecule has 212 valence electrons. The quantitative estimate of drug-likeness (QED) is 0.471. The van der Waals surface area contributed by atoms with Crippen LogP contribution in [0.2, 0.25) is 0 Å². The number of carbonyl (C=O) groups excluding carboxylic acids is 4. The topological polar surface area (TPSA) is 106 Å². The molecule has 0 bridgehead atoms. The van der Waals surface area contributed by atoms with Crippen LogP contribution in [0.5, 0.6) is 0 Å². The minimum atomic E-state index is -0.756. The molecule has 1 fully saturated rings. The Hall–Kier alpha value is -4.14. The van der Waals surface area contributed by atoms with Crippen LogP contribution in [0.3, 0.4) is 0 Å². The molecule has 0 aliphatic carbocycles. The van der Waals surface area contributed by atoms with Crippen LogP contribution in [-0.4, -0.2) is 84.1 Å². The van der Waals surface area contributed by atoms with Gasteiger partial charge in [0.25, 0.3) is 11.8 Å². The van der Waals surface area contributed by atoms with E-state index in [1.807, 2.05) is 70.2 Å². The first-order valence-electron chi connectivity index (χ1n) is 13.8. The molecule has 0 radical (unpaired) electrons. The monoisotopic (exact) mass is 545 g/mol. The van der Waals surface area contributed by atoms with Crippen molar-refractivity contribution in [2.75, 3.05) is 38.6 Å². The number of fused-ring (bicyclic) bond motifs is 1. The molecule has 9 nitrogen and oxygen atoms in total. The van der Waals surface area contributed by atoms with E-state index in [0.29, 0.717) is 30.5 Å². The maximum Gasteiger partial charge on any atom is 0.254 e. The van der Waals surface area contributed by atoms with E-state index in [1.165, 1.54) is 4.90 Å². The van der Waals surface area contributed by atoms with Crippen LogP contribution in [0.15, 0.2) is 54.7 Å². The molecule has 3 amide bonds. The maximum absolute atomic E-state index is 13.7. The molecule has 1 aliphatic rings. The number of nitrogens with zero attached hydrogens (tertiary/aromatic N) is 3. The van der Waals surface area contributed by atoms with Gasteiger partial charge >= 0.3 is 0 Å².